The molecule has 44 heteroatoms. The summed E-state index contributed by atoms with van der Waals surface area (Å²) in [7, 11) is 0. The second-order valence-corrected chi connectivity index (χ2v) is 36.3. The van der Waals surface area contributed by atoms with E-state index in [0.29, 0.717) is 186 Å². The zero-order valence-corrected chi connectivity index (χ0v) is 81.8. The van der Waals surface area contributed by atoms with Crippen LogP contribution in [0.2, 0.25) is 0 Å². The molecule has 7 aliphatic heterocycles. The molecule has 0 bridgehead atoms. The minimum atomic E-state index is -1.07. The van der Waals surface area contributed by atoms with Crippen LogP contribution in [0.5, 0.6) is 0 Å². The molecule has 0 radical (unpaired) electrons. The van der Waals surface area contributed by atoms with E-state index in [1.165, 1.54) is 19.1 Å². The highest BCUT2D eigenvalue weighted by Crippen LogP contribution is 2.37. The molecule has 1 aliphatic carbocycles. The minimum Gasteiger partial charge on any atom is -0.460 e. The van der Waals surface area contributed by atoms with Crippen LogP contribution in [-0.4, -0.2) is 328 Å². The number of piperidine rings is 3. The van der Waals surface area contributed by atoms with Gasteiger partial charge in [-0.3, -0.25) is 122 Å². The van der Waals surface area contributed by atoms with Crippen molar-refractivity contribution in [2.24, 2.45) is 5.73 Å². The average molecular weight is 1990 g/mol. The van der Waals surface area contributed by atoms with Crippen molar-refractivity contribution in [1.82, 2.24) is 55.1 Å². The lowest BCUT2D eigenvalue weighted by Crippen LogP contribution is -2.54. The average Bonchev–Trinajstić information content (AvgIpc) is 0.884. The number of ether oxygens (including phenoxy) is 11. The maximum absolute atomic E-state index is 13.7. The number of aryl methyl sites for hydroxylation is 1. The van der Waals surface area contributed by atoms with Crippen molar-refractivity contribution in [3.05, 3.63) is 151 Å². The summed E-state index contributed by atoms with van der Waals surface area (Å²) in [5.74, 6) is -8.10. The predicted octanol–water partition coefficient (Wildman–Crippen LogP) is 5.24. The molecule has 143 heavy (non-hydrogen) atoms. The number of nitrogens with two attached hydrogens (primary N) is 1. The second kappa shape index (κ2) is 53.3. The number of halogens is 1. The number of nitrogens with one attached hydrogen (secondary N) is 5. The predicted molar refractivity (Wildman–Crippen MR) is 510 cm³/mol. The van der Waals surface area contributed by atoms with Crippen LogP contribution in [0.4, 0.5) is 21.5 Å². The number of carbonyl (C=O) groups is 16. The van der Waals surface area contributed by atoms with E-state index in [2.05, 4.69) is 36.5 Å². The Labute approximate surface area is 825 Å². The molecule has 0 spiro atoms. The van der Waals surface area contributed by atoms with Crippen LogP contribution in [0.3, 0.4) is 0 Å². The van der Waals surface area contributed by atoms with Crippen LogP contribution < -0.4 is 42.8 Å². The summed E-state index contributed by atoms with van der Waals surface area (Å²) in [6.07, 6.45) is 8.90. The number of imide groups is 6. The van der Waals surface area contributed by atoms with E-state index in [4.69, 9.17) is 67.8 Å². The summed E-state index contributed by atoms with van der Waals surface area (Å²) in [6, 6.07) is 14.4. The normalized spacial score (nSPS) is 17.5. The van der Waals surface area contributed by atoms with Crippen LogP contribution in [0, 0.1) is 12.7 Å². The molecule has 3 aromatic heterocycles. The van der Waals surface area contributed by atoms with Crippen molar-refractivity contribution in [2.75, 3.05) is 180 Å². The number of anilines is 3. The monoisotopic (exact) mass is 1990 g/mol. The molecule has 5 fully saturated rings. The fourth-order valence-electron chi connectivity index (χ4n) is 16.9. The van der Waals surface area contributed by atoms with Gasteiger partial charge in [-0.1, -0.05) is 31.0 Å². The van der Waals surface area contributed by atoms with Gasteiger partial charge in [0.1, 0.15) is 46.6 Å². The number of pyridine rings is 2. The van der Waals surface area contributed by atoms with Crippen molar-refractivity contribution < 1.29 is 133 Å². The van der Waals surface area contributed by atoms with Crippen LogP contribution in [0.1, 0.15) is 228 Å². The standard InChI is InChI=1S/C47H55N9O10.C26H35N3O9.C13H9FN2O4.C13H27NO5/c1-29-35-28-50-38(51-43(35)55(32-6-3-4-7-32)46(62)41(29)30(2)57)26-31-10-11-33(27-49-31)53-16-18-54(19-17-53)40(59)14-20-64-22-24-66-25-23-65-21-15-48-36-9-5-8-34-42(36)47(63)56(45(34)61)37-12-13-39(58)52-44(37)60;1-26(2,3)38-21(31)9-11-35-13-15-37-16-14-36-12-10-27-18-6-4-5-17-22(18)25(34)29(24(17)33)19-7-8-20(30)28-23(19)32;14-7-3-1-2-6-10(7)13(20)16(12(6)19)8-4-5-9(17)15-11(8)18;1-13(2,3)19-12(15)4-6-16-8-10-18-11-9-17-7-5-14/h5,8-11,27-28,32,37,48H,3-4,6-7,12-26H2,1-2H3,(H,52,58,60);4-6,19,27H,7-16H2,1-3H3,(H,28,30,32);1-3,8H,4-5H2,(H,15,17,18);4-11,14H2,1-3H3. The lowest BCUT2D eigenvalue weighted by Gasteiger charge is -2.36. The molecule has 4 saturated heterocycles. The van der Waals surface area contributed by atoms with Crippen LogP contribution in [0.15, 0.2) is 83.9 Å². The number of carbonyl (C=O) groups excluding carboxylic acids is 16. The topological polar surface area (TPSA) is 538 Å². The molecule has 1 saturated carbocycles. The lowest BCUT2D eigenvalue weighted by molar-refractivity contribution is -0.157. The van der Waals surface area contributed by atoms with E-state index in [-0.39, 0.29) is 145 Å². The molecule has 43 nitrogen and oxygen atoms in total. The van der Waals surface area contributed by atoms with Crippen molar-refractivity contribution in [1.29, 1.82) is 0 Å². The summed E-state index contributed by atoms with van der Waals surface area (Å²) < 4.78 is 74.6. The Morgan fingerprint density at radius 1 is 0.462 bits per heavy atom. The number of piperazine rings is 1. The SMILES string of the molecule is CC(=O)c1c(C)c2cnc(Cc3ccc(N4CCN(C(=O)CCOCCOCCOCCNc5cccc6c5C(=O)N(C5CCC(=O)NC5=O)C6=O)CC4)cn3)nc2n(C2CCCC2)c1=O.CC(C)(C)OC(=O)CCOCCOCCOCCN.CC(C)(C)OC(=O)CCOCCOCCOCCNc1cccc2c1C(=O)N(C1CCC(=O)NC1=O)C2=O.O=C1CCC(N2C(=O)c3cccc(F)c3C2=O)C(=O)N1. The van der Waals surface area contributed by atoms with Crippen LogP contribution in [-0.2, 0) is 102 Å². The molecule has 3 unspecified atom stereocenters. The van der Waals surface area contributed by atoms with E-state index in [1.807, 2.05) is 64.8 Å². The fraction of sp³-hybridized carbons (Fsp3) is 0.535. The zero-order valence-electron chi connectivity index (χ0n) is 81.8. The van der Waals surface area contributed by atoms with E-state index in [9.17, 15) is 85.9 Å². The first kappa shape index (κ1) is 110. The number of amides is 13. The highest BCUT2D eigenvalue weighted by Gasteiger charge is 2.49. The number of nitrogens with zero attached hydrogens (tertiary/aromatic N) is 9. The van der Waals surface area contributed by atoms with Gasteiger partial charge >= 0.3 is 11.9 Å². The van der Waals surface area contributed by atoms with Gasteiger partial charge in [0, 0.05) is 99.8 Å². The van der Waals surface area contributed by atoms with Gasteiger partial charge in [-0.05, 0) is 142 Å². The Bertz CT molecular complexity index is 5670. The van der Waals surface area contributed by atoms with Crippen LogP contribution >= 0.6 is 0 Å². The largest absolute Gasteiger partial charge is 0.460 e. The number of aromatic nitrogens is 4. The second-order valence-electron chi connectivity index (χ2n) is 36.3. The maximum Gasteiger partial charge on any atom is 0.308 e. The summed E-state index contributed by atoms with van der Waals surface area (Å²) in [4.78, 5) is 230. The number of fused-ring (bicyclic) bond motifs is 4. The first-order chi connectivity index (χ1) is 68.5. The van der Waals surface area contributed by atoms with Gasteiger partial charge in [-0.15, -0.1) is 0 Å². The van der Waals surface area contributed by atoms with E-state index < -0.39 is 106 Å². The van der Waals surface area contributed by atoms with Crippen molar-refractivity contribution in [2.45, 2.75) is 181 Å². The van der Waals surface area contributed by atoms with Crippen molar-refractivity contribution in [3.63, 3.8) is 0 Å². The number of Topliss-reactive ketones (excluding diaryl/α,β-unsaturated/α-hetero) is 1. The Kier molecular flexibility index (Phi) is 41.1. The number of rotatable bonds is 45. The number of esters is 2. The maximum atomic E-state index is 13.7. The minimum absolute atomic E-state index is 0.0127. The Hall–Kier alpha value is -13.1. The Morgan fingerprint density at radius 2 is 0.860 bits per heavy atom. The third kappa shape index (κ3) is 30.8. The van der Waals surface area contributed by atoms with Crippen LogP contribution in [0.25, 0.3) is 11.0 Å². The first-order valence-electron chi connectivity index (χ1n) is 47.9. The number of hydrogen-bond donors (Lipinski definition) is 6. The van der Waals surface area contributed by atoms with Crippen molar-refractivity contribution >= 4 is 123 Å². The fourth-order valence-corrected chi connectivity index (χ4v) is 16.9. The van der Waals surface area contributed by atoms with Gasteiger partial charge in [0.05, 0.1) is 195 Å². The van der Waals surface area contributed by atoms with Gasteiger partial charge in [-0.25, -0.2) is 14.4 Å². The molecule has 3 aromatic carbocycles. The van der Waals surface area contributed by atoms with Gasteiger partial charge in [-0.2, -0.15) is 0 Å². The molecule has 13 amide bonds. The highest BCUT2D eigenvalue weighted by atomic mass is 19.1. The third-order valence-electron chi connectivity index (χ3n) is 23.6. The van der Waals surface area contributed by atoms with E-state index in [1.54, 1.807) is 54.1 Å². The molecule has 6 aromatic rings. The summed E-state index contributed by atoms with van der Waals surface area (Å²) in [6.45, 7) is 24.9. The number of benzene rings is 3. The molecule has 14 rings (SSSR count). The lowest BCUT2D eigenvalue weighted by atomic mass is 10.0. The molecular formula is C99H126FN15O28. The third-order valence-corrected chi connectivity index (χ3v) is 23.6. The number of ketones is 1. The number of hydrogen-bond acceptors (Lipinski definition) is 35. The van der Waals surface area contributed by atoms with E-state index in [0.717, 1.165) is 63.2 Å². The van der Waals surface area contributed by atoms with Gasteiger partial charge in [0.15, 0.2) is 5.78 Å². The zero-order chi connectivity index (χ0) is 103. The molecule has 8 aliphatic rings. The summed E-state index contributed by atoms with van der Waals surface area (Å²) in [5, 5.41) is 13.4. The molecule has 10 heterocycles. The molecule has 7 N–H and O–H groups in total. The summed E-state index contributed by atoms with van der Waals surface area (Å²) in [5.41, 5.74) is 8.58. The van der Waals surface area contributed by atoms with E-state index >= 15 is 0 Å². The van der Waals surface area contributed by atoms with Gasteiger partial charge in [0.25, 0.3) is 41.0 Å². The molecule has 772 valence electrons. The molecular weight excluding hydrogens is 1870 g/mol. The first-order valence-corrected chi connectivity index (χ1v) is 47.9. The quantitative estimate of drug-likeness (QED) is 0.0123. The Balaban J connectivity index is 0.000000211. The van der Waals surface area contributed by atoms with Gasteiger partial charge in [0.2, 0.25) is 41.4 Å². The van der Waals surface area contributed by atoms with Crippen molar-refractivity contribution in [3.8, 4) is 0 Å². The van der Waals surface area contributed by atoms with Gasteiger partial charge < -0.3 is 78.3 Å². The Morgan fingerprint density at radius 3 is 1.26 bits per heavy atom. The smallest absolute Gasteiger partial charge is 0.308 e. The summed E-state index contributed by atoms with van der Waals surface area (Å²) >= 11 is 0. The highest BCUT2D eigenvalue weighted by molar-refractivity contribution is 6.27. The molecule has 3 atom stereocenters.